The van der Waals surface area contributed by atoms with Crippen molar-refractivity contribution in [3.63, 3.8) is 0 Å². The maximum absolute atomic E-state index is 15.1. The molecular weight excluding hydrogens is 1920 g/mol. The van der Waals surface area contributed by atoms with E-state index in [1.54, 1.807) is 137 Å². The molecule has 2 saturated heterocycles. The molecule has 5 amide bonds. The normalized spacial score (nSPS) is 18.3. The molecule has 150 heavy (non-hydrogen) atoms. The largest absolute Gasteiger partial charge is 0.506 e. The van der Waals surface area contributed by atoms with E-state index in [2.05, 4.69) is 40.1 Å². The Morgan fingerprint density at radius 3 is 1.09 bits per heavy atom. The molecule has 37 nitrogen and oxygen atoms in total. The van der Waals surface area contributed by atoms with E-state index in [1.807, 2.05) is 149 Å². The zero-order chi connectivity index (χ0) is 108. The van der Waals surface area contributed by atoms with E-state index in [4.69, 9.17) is 51.8 Å². The molecule has 8 aliphatic rings. The number of aryl methyl sites for hydroxylation is 5. The van der Waals surface area contributed by atoms with E-state index in [1.165, 1.54) is 50.1 Å². The third-order valence-corrected chi connectivity index (χ3v) is 31.0. The Hall–Kier alpha value is -13.0. The van der Waals surface area contributed by atoms with Crippen LogP contribution in [0.3, 0.4) is 0 Å². The molecular formula is C109H148B2F2N18O19. The number of carbonyl (C=O) groups is 6. The van der Waals surface area contributed by atoms with Crippen molar-refractivity contribution in [3.05, 3.63) is 163 Å². The van der Waals surface area contributed by atoms with E-state index < -0.39 is 54.0 Å². The molecule has 0 bridgehead atoms. The third kappa shape index (κ3) is 27.7. The second kappa shape index (κ2) is 49.8. The number of halogens is 2. The summed E-state index contributed by atoms with van der Waals surface area (Å²) in [6.45, 7) is 20.1. The molecule has 6 aliphatic carbocycles. The molecule has 6 saturated carbocycles. The smallest absolute Gasteiger partial charge is 0.497 e. The van der Waals surface area contributed by atoms with Crippen LogP contribution in [0.1, 0.15) is 252 Å². The molecule has 10 heterocycles. The molecule has 2 N–H and O–H groups in total. The highest BCUT2D eigenvalue weighted by atomic mass is 19.1. The van der Waals surface area contributed by atoms with Crippen LogP contribution in [0.5, 0.6) is 17.2 Å². The Morgan fingerprint density at radius 1 is 0.407 bits per heavy atom. The Morgan fingerprint density at radius 2 is 0.753 bits per heavy atom. The number of phenolic OH excluding ortho intramolecular Hbond substituents is 1. The van der Waals surface area contributed by atoms with E-state index in [9.17, 15) is 43.4 Å². The Bertz CT molecular complexity index is 6190. The van der Waals surface area contributed by atoms with Gasteiger partial charge in [-0.25, -0.2) is 47.7 Å². The van der Waals surface area contributed by atoms with Gasteiger partial charge in [0.05, 0.1) is 130 Å². The van der Waals surface area contributed by atoms with Crippen molar-refractivity contribution in [3.8, 4) is 73.7 Å². The second-order valence-corrected chi connectivity index (χ2v) is 42.7. The summed E-state index contributed by atoms with van der Waals surface area (Å²) in [4.78, 5) is 110. The number of carbonyl (C=O) groups excluding carboxylic acids is 6. The van der Waals surface area contributed by atoms with Gasteiger partial charge in [0, 0.05) is 129 Å². The van der Waals surface area contributed by atoms with Crippen LogP contribution in [-0.4, -0.2) is 249 Å². The summed E-state index contributed by atoms with van der Waals surface area (Å²) in [5.41, 5.74) is 9.66. The molecule has 41 heteroatoms. The Kier molecular flexibility index (Phi) is 37.4. The second-order valence-electron chi connectivity index (χ2n) is 42.7. The fourth-order valence-electron chi connectivity index (χ4n) is 19.9. The summed E-state index contributed by atoms with van der Waals surface area (Å²) in [6, 6.07) is 21.2. The van der Waals surface area contributed by atoms with Crippen molar-refractivity contribution in [2.24, 2.45) is 41.2 Å². The summed E-state index contributed by atoms with van der Waals surface area (Å²) >= 11 is 0. The minimum atomic E-state index is -0.774. The van der Waals surface area contributed by atoms with Crippen molar-refractivity contribution in [1.29, 1.82) is 0 Å². The third-order valence-electron chi connectivity index (χ3n) is 31.0. The van der Waals surface area contributed by atoms with E-state index in [0.29, 0.717) is 85.4 Å². The summed E-state index contributed by atoms with van der Waals surface area (Å²) in [5, 5.41) is 27.2. The molecule has 10 aromatic rings. The number of pyridine rings is 3. The predicted octanol–water partition coefficient (Wildman–Crippen LogP) is 18.4. The van der Waals surface area contributed by atoms with Crippen LogP contribution < -0.4 is 15.7 Å². The molecule has 0 unspecified atom stereocenters. The van der Waals surface area contributed by atoms with Crippen LogP contribution in [0.25, 0.3) is 56.4 Å². The van der Waals surface area contributed by atoms with Crippen LogP contribution in [-0.2, 0) is 120 Å². The number of esters is 1. The van der Waals surface area contributed by atoms with Gasteiger partial charge in [0.1, 0.15) is 67.4 Å². The topological polar surface area (TPSA) is 388 Å². The monoisotopic (exact) mass is 2070 g/mol. The summed E-state index contributed by atoms with van der Waals surface area (Å²) in [7, 11) is 16.9. The van der Waals surface area contributed by atoms with Crippen molar-refractivity contribution >= 4 is 61.6 Å². The van der Waals surface area contributed by atoms with Crippen molar-refractivity contribution < 1.29 is 99.5 Å². The van der Waals surface area contributed by atoms with E-state index in [0.717, 1.165) is 145 Å². The van der Waals surface area contributed by atoms with Crippen LogP contribution in [0, 0.1) is 17.6 Å². The van der Waals surface area contributed by atoms with Crippen molar-refractivity contribution in [2.75, 3.05) is 35.2 Å². The van der Waals surface area contributed by atoms with Gasteiger partial charge in [-0.2, -0.15) is 10.2 Å². The first-order chi connectivity index (χ1) is 71.4. The molecule has 18 rings (SSSR count). The Balaban J connectivity index is 0.000000149. The molecule has 2 atom stereocenters. The zero-order valence-electron chi connectivity index (χ0n) is 90.5. The van der Waals surface area contributed by atoms with Crippen LogP contribution in [0.4, 0.5) is 32.8 Å². The molecule has 0 radical (unpaired) electrons. The minimum absolute atomic E-state index is 0.0437. The van der Waals surface area contributed by atoms with Gasteiger partial charge < -0.3 is 100 Å². The fourth-order valence-corrected chi connectivity index (χ4v) is 19.9. The maximum atomic E-state index is 15.1. The SMILES string of the molecule is CC(C)OC(=O)[C@H]1CCC[C@H](Oc2ccc(-c3ncn(C)c3COC(=O)N(C)C3CCCC3)nc2)C1.CN(C(=O)OCc1c(-c2ccc(B3OC(C)(C)C(C)(C)O3)c(F)c2)cnn1C)C1CCCC1.CN(C(=O)OCc1c(-c2ccc(B3OC(C)(C)C(C)(C)O3)cn2)ncn1C)C1CCCC1.CN(C(=O)OCc1c(-c2ccc(O)c(F)c2)cnn1C)C1CCCC1.CN(C(=O)OCc1c(-c2ccc(O)cn2)ncn1C)C1CCCC1. The number of hydrogen-bond donors (Lipinski definition) is 2. The first-order valence-electron chi connectivity index (χ1n) is 52.4. The highest BCUT2D eigenvalue weighted by Gasteiger charge is 2.54. The number of imidazole rings is 3. The molecule has 2 aromatic carbocycles. The lowest BCUT2D eigenvalue weighted by Crippen LogP contribution is -2.41. The van der Waals surface area contributed by atoms with Crippen molar-refractivity contribution in [2.45, 2.75) is 321 Å². The number of benzene rings is 2. The predicted molar refractivity (Wildman–Crippen MR) is 560 cm³/mol. The van der Waals surface area contributed by atoms with Crippen LogP contribution in [0.15, 0.2) is 123 Å². The molecule has 8 fully saturated rings. The van der Waals surface area contributed by atoms with E-state index in [-0.39, 0.29) is 124 Å². The first-order valence-corrected chi connectivity index (χ1v) is 52.4. The van der Waals surface area contributed by atoms with Gasteiger partial charge in [0.15, 0.2) is 11.6 Å². The number of aromatic nitrogens is 13. The maximum Gasteiger partial charge on any atom is 0.497 e. The fraction of sp³-hybridized carbons (Fsp3) is 0.560. The quantitative estimate of drug-likeness (QED) is 0.0289. The van der Waals surface area contributed by atoms with Gasteiger partial charge in [-0.05, 0) is 219 Å². The van der Waals surface area contributed by atoms with Gasteiger partial charge in [-0.15, -0.1) is 0 Å². The average Bonchev–Trinajstić information content (AvgIpc) is 1.62. The first kappa shape index (κ1) is 113. The van der Waals surface area contributed by atoms with Crippen LogP contribution in [0.2, 0.25) is 0 Å². The lowest BCUT2D eigenvalue weighted by atomic mass is 9.78. The van der Waals surface area contributed by atoms with Gasteiger partial charge in [-0.1, -0.05) is 88.5 Å². The summed E-state index contributed by atoms with van der Waals surface area (Å²) in [6.07, 6.45) is 36.5. The lowest BCUT2D eigenvalue weighted by Gasteiger charge is -2.32. The number of aromatic hydroxyl groups is 2. The average molecular weight is 2070 g/mol. The minimum Gasteiger partial charge on any atom is -0.506 e. The Labute approximate surface area is 878 Å². The lowest BCUT2D eigenvalue weighted by molar-refractivity contribution is -0.154. The number of amides is 5. The number of rotatable bonds is 26. The van der Waals surface area contributed by atoms with Gasteiger partial charge in [0.2, 0.25) is 0 Å². The number of phenols is 1. The zero-order valence-corrected chi connectivity index (χ0v) is 90.5. The number of nitrogens with zero attached hydrogens (tertiary/aromatic N) is 18. The van der Waals surface area contributed by atoms with Gasteiger partial charge in [0.25, 0.3) is 0 Å². The highest BCUT2D eigenvalue weighted by Crippen LogP contribution is 2.41. The molecule has 2 aliphatic heterocycles. The summed E-state index contributed by atoms with van der Waals surface area (Å²) < 4.78 is 101. The van der Waals surface area contributed by atoms with Gasteiger partial charge in [-0.3, -0.25) is 29.1 Å². The summed E-state index contributed by atoms with van der Waals surface area (Å²) in [5.74, 6) is -1.03. The molecule has 8 aromatic heterocycles. The highest BCUT2D eigenvalue weighted by molar-refractivity contribution is 6.62. The van der Waals surface area contributed by atoms with Crippen LogP contribution >= 0.6 is 0 Å². The molecule has 0 spiro atoms. The number of ether oxygens (including phenoxy) is 7. The molecule has 808 valence electrons. The number of hydrogen-bond acceptors (Lipinski definition) is 27. The van der Waals surface area contributed by atoms with Gasteiger partial charge >= 0.3 is 50.7 Å². The van der Waals surface area contributed by atoms with Crippen molar-refractivity contribution in [1.82, 2.24) is 87.7 Å². The standard InChI is InChI=1S/C27H38N4O5.C24H33BFN3O4.C23H33BN4O4.C18H22FN3O3.C17H22N4O3/c1-18(2)35-26(32)19-8-7-11-21(14-19)36-22-12-13-23(28-15-22)25-24(30(3)17-29-25)16-34-27(33)31(4)20-9-5-6-10-20;1-23(2)24(3,4)33-25(32-23)19-12-11-16(13-20(19)26)18-14-27-29(6)21(18)15-31-22(30)28(5)17-9-7-8-10-17;1-22(2)23(3,4)32-24(31-22)16-11-12-18(25-13-16)20-19(27(5)15-26-20)14-30-21(29)28(6)17-9-7-8-10-17;1-21(13-5-3-4-6-13)18(24)25-11-16-14(10-20-22(16)2)12-7-8-17(23)15(19)9-12;1-20-11-19-16(14-8-7-13(22)9-18-14)15(20)10-24-17(23)21(2)12-5-3-4-6-12/h12-13,15,17-21H,5-11,14,16H2,1-4H3;11-14,17H,7-10,15H2,1-6H3;11-13,15,17H,7-10,14H2,1-6H3;7-10,13,23H,3-6,11H2,1-2H3;7-9,11-12,22H,3-6,10H2,1-2H3/t19-,21-;;;;/m0..../s1. The van der Waals surface area contributed by atoms with E-state index >= 15 is 4.39 Å².